The maximum Gasteiger partial charge on any atom is 0.319 e. The number of amides is 2. The minimum absolute atomic E-state index is 0.295. The number of benzene rings is 2. The topological polar surface area (TPSA) is 109 Å². The van der Waals surface area contributed by atoms with Crippen LogP contribution in [-0.4, -0.2) is 26.8 Å². The minimum atomic E-state index is -1.48. The van der Waals surface area contributed by atoms with E-state index in [4.69, 9.17) is 10.7 Å². The molecule has 2 amide bonds. The van der Waals surface area contributed by atoms with E-state index < -0.39 is 11.0 Å². The molecule has 1 aliphatic carbocycles. The molecule has 3 aromatic rings. The van der Waals surface area contributed by atoms with Gasteiger partial charge in [-0.15, -0.1) is 11.3 Å². The average Bonchev–Trinajstić information content (AvgIpc) is 3.39. The van der Waals surface area contributed by atoms with E-state index in [0.717, 1.165) is 46.7 Å². The third kappa shape index (κ3) is 8.73. The number of carbonyl (C=O) groups is 1. The van der Waals surface area contributed by atoms with Gasteiger partial charge in [-0.2, -0.15) is 0 Å². The van der Waals surface area contributed by atoms with Gasteiger partial charge in [0.05, 0.1) is 14.8 Å². The highest BCUT2D eigenvalue weighted by molar-refractivity contribution is 7.83. The number of thiazole rings is 1. The highest BCUT2D eigenvalue weighted by Crippen LogP contribution is 2.39. The third-order valence-electron chi connectivity index (χ3n) is 6.04. The molecule has 1 aliphatic rings. The fourth-order valence-electron chi connectivity index (χ4n) is 4.21. The molecule has 1 unspecified atom stereocenters. The van der Waals surface area contributed by atoms with Crippen molar-refractivity contribution >= 4 is 34.0 Å². The van der Waals surface area contributed by atoms with Crippen molar-refractivity contribution in [2.75, 3.05) is 5.32 Å². The predicted octanol–water partition coefficient (Wildman–Crippen LogP) is 6.55. The number of anilines is 1. The molecule has 0 aliphatic heterocycles. The van der Waals surface area contributed by atoms with Gasteiger partial charge in [-0.25, -0.2) is 18.7 Å². The summed E-state index contributed by atoms with van der Waals surface area (Å²) in [6.07, 6.45) is 6.04. The van der Waals surface area contributed by atoms with Gasteiger partial charge < -0.3 is 16.4 Å². The van der Waals surface area contributed by atoms with Crippen LogP contribution in [-0.2, 0) is 17.5 Å². The summed E-state index contributed by atoms with van der Waals surface area (Å²) in [7, 11) is -1.48. The predicted molar refractivity (Wildman–Crippen MR) is 160 cm³/mol. The summed E-state index contributed by atoms with van der Waals surface area (Å²) in [5, 5.41) is 6.85. The van der Waals surface area contributed by atoms with Crippen molar-refractivity contribution in [3.63, 3.8) is 0 Å². The van der Waals surface area contributed by atoms with E-state index >= 15 is 0 Å². The van der Waals surface area contributed by atoms with Crippen LogP contribution in [0, 0.1) is 0 Å². The lowest BCUT2D eigenvalue weighted by molar-refractivity contribution is 0.251. The molecule has 0 spiro atoms. The van der Waals surface area contributed by atoms with E-state index in [2.05, 4.69) is 15.4 Å². The second kappa shape index (κ2) is 14.0. The number of urea groups is 1. The Kier molecular flexibility index (Phi) is 11.0. The monoisotopic (exact) mass is 555 g/mol. The zero-order valence-corrected chi connectivity index (χ0v) is 24.7. The van der Waals surface area contributed by atoms with E-state index in [-0.39, 0.29) is 11.6 Å². The number of nitrogens with one attached hydrogen (secondary N) is 3. The molecule has 5 N–H and O–H groups in total. The number of aromatic nitrogens is 1. The lowest BCUT2D eigenvalue weighted by Gasteiger charge is -2.24. The maximum atomic E-state index is 13.4. The number of hydrogen-bond donors (Lipinski definition) is 4. The Morgan fingerprint density at radius 1 is 1.08 bits per heavy atom. The highest BCUT2D eigenvalue weighted by Gasteiger charge is 2.24. The fraction of sp³-hybridized carbons (Fsp3) is 0.448. The number of nitrogens with zero attached hydrogens (tertiary/aromatic N) is 1. The highest BCUT2D eigenvalue weighted by atomic mass is 32.2. The number of nitrogens with two attached hydrogens (primary N) is 1. The number of hydrogen-bond acceptors (Lipinski definition) is 5. The summed E-state index contributed by atoms with van der Waals surface area (Å²) in [6, 6.07) is 15.2. The standard InChI is InChI=1S/C27H35N5O2S2.C2H6/c1-27(2,3)32-36(34)24-15-21(31-26(33)30-16-18-7-5-4-6-8-18)13-14-22(24)23-17-29-25(35-23)19-9-11-20(28)12-10-19;1-2/h4-8,13-15,17,19-20,32H,9-12,16,28H2,1-3H3,(H2,30,31,33);1-2H3. The summed E-state index contributed by atoms with van der Waals surface area (Å²) in [5.74, 6) is 0.430. The first-order chi connectivity index (χ1) is 18.2. The molecule has 9 heteroatoms. The molecule has 0 radical (unpaired) electrons. The Bertz CT molecular complexity index is 1200. The van der Waals surface area contributed by atoms with Crippen molar-refractivity contribution < 1.29 is 9.00 Å². The van der Waals surface area contributed by atoms with Crippen LogP contribution in [0.15, 0.2) is 59.6 Å². The van der Waals surface area contributed by atoms with E-state index in [9.17, 15) is 9.00 Å². The Balaban J connectivity index is 0.00000195. The van der Waals surface area contributed by atoms with Crippen molar-refractivity contribution in [1.29, 1.82) is 0 Å². The van der Waals surface area contributed by atoms with Crippen LogP contribution in [0.1, 0.15) is 76.8 Å². The molecule has 1 aromatic heterocycles. The SMILES string of the molecule is CC.CC(C)(C)NS(=O)c1cc(NC(=O)NCc2ccccc2)ccc1-c1cnc(C2CCC(N)CC2)s1. The largest absolute Gasteiger partial charge is 0.334 e. The van der Waals surface area contributed by atoms with E-state index in [1.165, 1.54) is 0 Å². The molecule has 4 rings (SSSR count). The molecule has 2 aromatic carbocycles. The van der Waals surface area contributed by atoms with Gasteiger partial charge in [-0.3, -0.25) is 0 Å². The molecular weight excluding hydrogens is 514 g/mol. The van der Waals surface area contributed by atoms with Gasteiger partial charge in [-0.05, 0) is 64.2 Å². The van der Waals surface area contributed by atoms with Crippen LogP contribution in [0.25, 0.3) is 10.4 Å². The van der Waals surface area contributed by atoms with Gasteiger partial charge in [0, 0.05) is 41.5 Å². The Hall–Kier alpha value is -2.59. The summed E-state index contributed by atoms with van der Waals surface area (Å²) in [5.41, 5.74) is 8.18. The van der Waals surface area contributed by atoms with E-state index in [1.54, 1.807) is 17.4 Å². The van der Waals surface area contributed by atoms with Gasteiger partial charge in [0.2, 0.25) is 0 Å². The van der Waals surface area contributed by atoms with Gasteiger partial charge in [0.25, 0.3) is 0 Å². The van der Waals surface area contributed by atoms with Crippen LogP contribution >= 0.6 is 11.3 Å². The molecule has 206 valence electrons. The number of rotatable bonds is 7. The lowest BCUT2D eigenvalue weighted by atomic mass is 9.87. The minimum Gasteiger partial charge on any atom is -0.334 e. The smallest absolute Gasteiger partial charge is 0.319 e. The molecule has 1 atom stereocenters. The molecule has 7 nitrogen and oxygen atoms in total. The second-order valence-corrected chi connectivity index (χ2v) is 12.5. The molecule has 1 saturated carbocycles. The molecule has 0 saturated heterocycles. The Morgan fingerprint density at radius 3 is 2.42 bits per heavy atom. The van der Waals surface area contributed by atoms with Crippen LogP contribution in [0.2, 0.25) is 0 Å². The number of carbonyl (C=O) groups excluding carboxylic acids is 1. The van der Waals surface area contributed by atoms with Crippen molar-refractivity contribution in [1.82, 2.24) is 15.0 Å². The Morgan fingerprint density at radius 2 is 1.76 bits per heavy atom. The second-order valence-electron chi connectivity index (χ2n) is 10.3. The van der Waals surface area contributed by atoms with E-state index in [0.29, 0.717) is 29.1 Å². The molecular formula is C29H41N5O2S2. The van der Waals surface area contributed by atoms with Crippen LogP contribution in [0.4, 0.5) is 10.5 Å². The van der Waals surface area contributed by atoms with Gasteiger partial charge >= 0.3 is 6.03 Å². The fourth-order valence-corrected chi connectivity index (χ4v) is 6.68. The molecule has 38 heavy (non-hydrogen) atoms. The Labute approximate surface area is 233 Å². The third-order valence-corrected chi connectivity index (χ3v) is 8.77. The quantitative estimate of drug-likeness (QED) is 0.265. The zero-order valence-electron chi connectivity index (χ0n) is 23.0. The van der Waals surface area contributed by atoms with Gasteiger partial charge in [0.15, 0.2) is 0 Å². The van der Waals surface area contributed by atoms with Crippen LogP contribution in [0.5, 0.6) is 0 Å². The summed E-state index contributed by atoms with van der Waals surface area (Å²) >= 11 is 1.65. The van der Waals surface area contributed by atoms with Crippen LogP contribution in [0.3, 0.4) is 0 Å². The molecule has 0 bridgehead atoms. The summed E-state index contributed by atoms with van der Waals surface area (Å²) in [6.45, 7) is 10.3. The maximum absolute atomic E-state index is 13.4. The zero-order chi connectivity index (χ0) is 27.7. The summed E-state index contributed by atoms with van der Waals surface area (Å²) in [4.78, 5) is 18.8. The van der Waals surface area contributed by atoms with Crippen molar-refractivity contribution in [3.8, 4) is 10.4 Å². The van der Waals surface area contributed by atoms with Crippen molar-refractivity contribution in [2.24, 2.45) is 5.73 Å². The molecule has 1 heterocycles. The van der Waals surface area contributed by atoms with Gasteiger partial charge in [0.1, 0.15) is 11.0 Å². The van der Waals surface area contributed by atoms with Gasteiger partial charge in [-0.1, -0.05) is 50.2 Å². The first-order valence-electron chi connectivity index (χ1n) is 13.3. The van der Waals surface area contributed by atoms with Crippen LogP contribution < -0.4 is 21.1 Å². The lowest BCUT2D eigenvalue weighted by Crippen LogP contribution is -2.37. The first-order valence-corrected chi connectivity index (χ1v) is 15.3. The van der Waals surface area contributed by atoms with Crippen molar-refractivity contribution in [2.45, 2.75) is 89.2 Å². The van der Waals surface area contributed by atoms with E-state index in [1.807, 2.05) is 83.3 Å². The molecule has 1 fully saturated rings. The normalized spacial score (nSPS) is 18.2. The first kappa shape index (κ1) is 30.0. The van der Waals surface area contributed by atoms with Crippen molar-refractivity contribution in [3.05, 3.63) is 65.3 Å². The summed E-state index contributed by atoms with van der Waals surface area (Å²) < 4.78 is 16.6. The average molecular weight is 556 g/mol.